The average molecular weight is 576 g/mol. The maximum absolute atomic E-state index is 13.2. The number of pyridine rings is 1. The molecular formula is C33H29N5O5. The number of nitrogens with zero attached hydrogens (tertiary/aromatic N) is 2. The van der Waals surface area contributed by atoms with Gasteiger partial charge in [0.2, 0.25) is 0 Å². The minimum absolute atomic E-state index is 0.00137. The maximum atomic E-state index is 13.2. The van der Waals surface area contributed by atoms with E-state index in [9.17, 15) is 24.8 Å². The molecule has 0 saturated heterocycles. The van der Waals surface area contributed by atoms with Gasteiger partial charge in [0.05, 0.1) is 22.3 Å². The third-order valence-electron chi connectivity index (χ3n) is 7.53. The zero-order chi connectivity index (χ0) is 29.9. The van der Waals surface area contributed by atoms with Crippen LogP contribution in [-0.4, -0.2) is 59.0 Å². The van der Waals surface area contributed by atoms with Crippen LogP contribution in [0.2, 0.25) is 0 Å². The first-order valence-corrected chi connectivity index (χ1v) is 14.0. The lowest BCUT2D eigenvalue weighted by atomic mass is 9.93. The number of nitrogens with one attached hydrogen (secondary N) is 3. The fraction of sp³-hybridized carbons (Fsp3) is 0.152. The molecule has 4 aromatic carbocycles. The van der Waals surface area contributed by atoms with E-state index in [2.05, 4.69) is 10.6 Å². The Bertz CT molecular complexity index is 1860. The van der Waals surface area contributed by atoms with Crippen LogP contribution in [0.5, 0.6) is 0 Å². The summed E-state index contributed by atoms with van der Waals surface area (Å²) in [6.45, 7) is 1.46. The molecule has 1 aliphatic heterocycles. The SMILES string of the molecule is O=C(NCCCNCCN1C(=O)c2cccc3cc([NH+]([O-])O)cc(c23)C1=O)c1cc(-c2ccccc2)nc2ccccc12. The van der Waals surface area contributed by atoms with Gasteiger partial charge in [-0.15, -0.1) is 0 Å². The predicted molar refractivity (Wildman–Crippen MR) is 162 cm³/mol. The number of para-hydroxylation sites is 1. The number of hydrogen-bond acceptors (Lipinski definition) is 7. The van der Waals surface area contributed by atoms with Crippen LogP contribution in [0.15, 0.2) is 91.0 Å². The highest BCUT2D eigenvalue weighted by molar-refractivity contribution is 6.25. The second-order valence-electron chi connectivity index (χ2n) is 10.3. The number of carbonyl (C=O) groups excluding carboxylic acids is 3. The van der Waals surface area contributed by atoms with E-state index in [0.717, 1.165) is 27.1 Å². The van der Waals surface area contributed by atoms with Crippen LogP contribution in [0.3, 0.4) is 0 Å². The number of amides is 3. The van der Waals surface area contributed by atoms with Gasteiger partial charge in [0.15, 0.2) is 5.69 Å². The number of imide groups is 1. The Morgan fingerprint density at radius 1 is 0.860 bits per heavy atom. The van der Waals surface area contributed by atoms with E-state index in [1.54, 1.807) is 18.2 Å². The summed E-state index contributed by atoms with van der Waals surface area (Å²) in [7, 11) is 0. The molecule has 43 heavy (non-hydrogen) atoms. The minimum atomic E-state index is -1.14. The monoisotopic (exact) mass is 575 g/mol. The standard InChI is InChI=1S/C33H29N5O5/c39-31(26-20-29(21-8-2-1-3-9-21)36-28-13-5-4-11-24(26)28)35-15-7-14-34-16-17-37-32(40)25-12-6-10-22-18-23(38(42)43)19-27(30(22)25)33(37)41/h1-6,8-13,18-20,34,38,42H,7,14-17H2,(H,35,39). The minimum Gasteiger partial charge on any atom is -0.595 e. The van der Waals surface area contributed by atoms with E-state index in [1.165, 1.54) is 12.1 Å². The lowest BCUT2D eigenvalue weighted by Gasteiger charge is -2.28. The molecular weight excluding hydrogens is 546 g/mol. The molecule has 1 aliphatic rings. The van der Waals surface area contributed by atoms with E-state index in [1.807, 2.05) is 60.7 Å². The van der Waals surface area contributed by atoms with E-state index in [4.69, 9.17) is 4.98 Å². The highest BCUT2D eigenvalue weighted by Gasteiger charge is 2.33. The number of fused-ring (bicyclic) bond motifs is 1. The lowest BCUT2D eigenvalue weighted by molar-refractivity contribution is -0.991. The number of aromatic nitrogens is 1. The number of hydrogen-bond donors (Lipinski definition) is 4. The van der Waals surface area contributed by atoms with Crippen molar-refractivity contribution in [3.8, 4) is 11.3 Å². The second kappa shape index (κ2) is 12.1. The molecule has 2 heterocycles. The molecule has 0 saturated carbocycles. The normalized spacial score (nSPS) is 13.5. The second-order valence-corrected chi connectivity index (χ2v) is 10.3. The Morgan fingerprint density at radius 3 is 2.44 bits per heavy atom. The van der Waals surface area contributed by atoms with E-state index in [-0.39, 0.29) is 23.7 Å². The van der Waals surface area contributed by atoms with Crippen molar-refractivity contribution in [2.45, 2.75) is 6.42 Å². The average Bonchev–Trinajstić information content (AvgIpc) is 3.03. The van der Waals surface area contributed by atoms with Gasteiger partial charge in [0, 0.05) is 53.7 Å². The van der Waals surface area contributed by atoms with Gasteiger partial charge in [-0.3, -0.25) is 19.3 Å². The molecule has 4 N–H and O–H groups in total. The van der Waals surface area contributed by atoms with Crippen molar-refractivity contribution in [3.05, 3.63) is 113 Å². The third kappa shape index (κ3) is 5.60. The van der Waals surface area contributed by atoms with E-state index >= 15 is 0 Å². The summed E-state index contributed by atoms with van der Waals surface area (Å²) >= 11 is 0. The molecule has 5 aromatic rings. The lowest BCUT2D eigenvalue weighted by Crippen LogP contribution is -2.99. The molecule has 0 aliphatic carbocycles. The van der Waals surface area contributed by atoms with Crippen LogP contribution < -0.4 is 15.9 Å². The predicted octanol–water partition coefficient (Wildman–Crippen LogP) is 3.46. The summed E-state index contributed by atoms with van der Waals surface area (Å²) in [5, 5.41) is 28.0. The molecule has 0 fully saturated rings. The highest BCUT2D eigenvalue weighted by atomic mass is 16.8. The van der Waals surface area contributed by atoms with Crippen molar-refractivity contribution < 1.29 is 24.8 Å². The fourth-order valence-corrected chi connectivity index (χ4v) is 5.43. The Labute approximate surface area is 247 Å². The Kier molecular flexibility index (Phi) is 7.91. The highest BCUT2D eigenvalue weighted by Crippen LogP contribution is 2.32. The molecule has 0 bridgehead atoms. The van der Waals surface area contributed by atoms with Crippen molar-refractivity contribution in [1.82, 2.24) is 20.5 Å². The quantitative estimate of drug-likeness (QED) is 0.114. The van der Waals surface area contributed by atoms with E-state index in [0.29, 0.717) is 48.0 Å². The zero-order valence-corrected chi connectivity index (χ0v) is 23.2. The molecule has 10 nitrogen and oxygen atoms in total. The van der Waals surface area contributed by atoms with Crippen LogP contribution in [0.4, 0.5) is 5.69 Å². The Balaban J connectivity index is 1.04. The number of carbonyl (C=O) groups is 3. The smallest absolute Gasteiger partial charge is 0.261 e. The molecule has 3 amide bonds. The summed E-state index contributed by atoms with van der Waals surface area (Å²) in [5.74, 6) is -1.10. The molecule has 6 rings (SSSR count). The number of quaternary nitrogens is 1. The number of benzene rings is 4. The summed E-state index contributed by atoms with van der Waals surface area (Å²) in [6.07, 6.45) is 0.631. The molecule has 1 unspecified atom stereocenters. The summed E-state index contributed by atoms with van der Waals surface area (Å²) in [6, 6.07) is 26.9. The number of rotatable bonds is 10. The maximum Gasteiger partial charge on any atom is 0.261 e. The first-order valence-electron chi connectivity index (χ1n) is 14.0. The fourth-order valence-electron chi connectivity index (χ4n) is 5.43. The molecule has 0 radical (unpaired) electrons. The van der Waals surface area contributed by atoms with Gasteiger partial charge in [0.25, 0.3) is 17.7 Å². The van der Waals surface area contributed by atoms with Gasteiger partial charge < -0.3 is 15.8 Å². The third-order valence-corrected chi connectivity index (χ3v) is 7.53. The van der Waals surface area contributed by atoms with Crippen molar-refractivity contribution in [1.29, 1.82) is 0 Å². The molecule has 0 spiro atoms. The first kappa shape index (κ1) is 28.1. The molecule has 1 aromatic heterocycles. The van der Waals surface area contributed by atoms with Crippen molar-refractivity contribution >= 4 is 45.1 Å². The largest absolute Gasteiger partial charge is 0.595 e. The van der Waals surface area contributed by atoms with Crippen LogP contribution in [0, 0.1) is 5.21 Å². The zero-order valence-electron chi connectivity index (χ0n) is 23.2. The molecule has 1 atom stereocenters. The summed E-state index contributed by atoms with van der Waals surface area (Å²) in [4.78, 5) is 45.4. The van der Waals surface area contributed by atoms with Crippen LogP contribution in [0.1, 0.15) is 37.5 Å². The van der Waals surface area contributed by atoms with Gasteiger partial charge in [-0.1, -0.05) is 60.7 Å². The summed E-state index contributed by atoms with van der Waals surface area (Å²) < 4.78 is 0. The Morgan fingerprint density at radius 2 is 1.63 bits per heavy atom. The topological polar surface area (TPSA) is 139 Å². The van der Waals surface area contributed by atoms with Crippen LogP contribution in [0.25, 0.3) is 32.9 Å². The van der Waals surface area contributed by atoms with Gasteiger partial charge in [-0.2, -0.15) is 5.23 Å². The van der Waals surface area contributed by atoms with Crippen LogP contribution in [-0.2, 0) is 0 Å². The van der Waals surface area contributed by atoms with Crippen molar-refractivity contribution in [3.63, 3.8) is 0 Å². The van der Waals surface area contributed by atoms with E-state index < -0.39 is 17.0 Å². The van der Waals surface area contributed by atoms with Gasteiger partial charge >= 0.3 is 0 Å². The first-order chi connectivity index (χ1) is 20.9. The van der Waals surface area contributed by atoms with Gasteiger partial charge in [-0.25, -0.2) is 10.2 Å². The van der Waals surface area contributed by atoms with Crippen molar-refractivity contribution in [2.75, 3.05) is 26.2 Å². The van der Waals surface area contributed by atoms with Crippen LogP contribution >= 0.6 is 0 Å². The van der Waals surface area contributed by atoms with Gasteiger partial charge in [0.1, 0.15) is 0 Å². The molecule has 216 valence electrons. The Hall–Kier alpha value is -5.00. The van der Waals surface area contributed by atoms with Gasteiger partial charge in [-0.05, 0) is 36.6 Å². The van der Waals surface area contributed by atoms with Crippen molar-refractivity contribution in [2.24, 2.45) is 0 Å². The molecule has 10 heteroatoms. The summed E-state index contributed by atoms with van der Waals surface area (Å²) in [5.41, 5.74) is 3.55.